The zero-order chi connectivity index (χ0) is 12.1. The fraction of sp³-hybridized carbons (Fsp3) is 0.300. The van der Waals surface area contributed by atoms with Crippen molar-refractivity contribution in [2.45, 2.75) is 18.6 Å². The van der Waals surface area contributed by atoms with Crippen molar-refractivity contribution in [2.24, 2.45) is 5.73 Å². The van der Waals surface area contributed by atoms with Gasteiger partial charge in [-0.2, -0.15) is 5.26 Å². The van der Waals surface area contributed by atoms with Crippen molar-refractivity contribution in [2.75, 3.05) is 7.11 Å². The molecule has 0 atom stereocenters. The second kappa shape index (κ2) is 5.49. The number of amidine groups is 1. The Balaban J connectivity index is 3.25. The number of nitrogens with one attached hydrogen (secondary N) is 1. The summed E-state index contributed by atoms with van der Waals surface area (Å²) in [5.74, 6) is 0. The number of aromatic nitrogens is 1. The monoisotopic (exact) mass is 236 g/mol. The summed E-state index contributed by atoms with van der Waals surface area (Å²) in [6.45, 7) is 2.17. The van der Waals surface area contributed by atoms with E-state index in [0.717, 1.165) is 23.0 Å². The molecule has 1 aromatic rings. The number of ether oxygens (including phenoxy) is 1. The summed E-state index contributed by atoms with van der Waals surface area (Å²) in [5.41, 5.74) is 7.25. The first-order valence-electron chi connectivity index (χ1n) is 4.50. The molecule has 0 amide bonds. The zero-order valence-electron chi connectivity index (χ0n) is 9.07. The lowest BCUT2D eigenvalue weighted by molar-refractivity contribution is 0.184. The third-order valence-corrected chi connectivity index (χ3v) is 2.52. The quantitative estimate of drug-likeness (QED) is 0.469. The van der Waals surface area contributed by atoms with Crippen LogP contribution in [0.5, 0.6) is 0 Å². The minimum Gasteiger partial charge on any atom is -0.380 e. The predicted octanol–water partition coefficient (Wildman–Crippen LogP) is 1.39. The molecule has 0 spiro atoms. The highest BCUT2D eigenvalue weighted by Crippen LogP contribution is 2.23. The maximum atomic E-state index is 9.06. The van der Waals surface area contributed by atoms with Gasteiger partial charge in [-0.15, -0.1) is 0 Å². The molecule has 0 saturated carbocycles. The van der Waals surface area contributed by atoms with E-state index in [-0.39, 0.29) is 5.17 Å². The van der Waals surface area contributed by atoms with Gasteiger partial charge < -0.3 is 10.5 Å². The number of aryl methyl sites for hydroxylation is 1. The molecule has 16 heavy (non-hydrogen) atoms. The Morgan fingerprint density at radius 2 is 2.44 bits per heavy atom. The third kappa shape index (κ3) is 2.95. The molecule has 0 bridgehead atoms. The summed E-state index contributed by atoms with van der Waals surface area (Å²) in [7, 11) is 1.56. The van der Waals surface area contributed by atoms with E-state index in [1.807, 2.05) is 6.92 Å². The molecule has 0 aliphatic carbocycles. The minimum absolute atomic E-state index is 0.0852. The number of hydrogen-bond donors (Lipinski definition) is 2. The van der Waals surface area contributed by atoms with Crippen LogP contribution in [-0.4, -0.2) is 17.3 Å². The van der Waals surface area contributed by atoms with Gasteiger partial charge in [-0.05, 0) is 24.8 Å². The highest BCUT2D eigenvalue weighted by Gasteiger charge is 2.12. The molecule has 0 fully saturated rings. The van der Waals surface area contributed by atoms with Crippen LogP contribution in [0.15, 0.2) is 11.1 Å². The fourth-order valence-electron chi connectivity index (χ4n) is 1.28. The molecule has 0 aliphatic heterocycles. The van der Waals surface area contributed by atoms with Crippen LogP contribution in [0.4, 0.5) is 0 Å². The first-order valence-corrected chi connectivity index (χ1v) is 5.31. The maximum Gasteiger partial charge on any atom is 0.157 e. The van der Waals surface area contributed by atoms with Crippen LogP contribution in [0.3, 0.4) is 0 Å². The minimum atomic E-state index is -0.0852. The van der Waals surface area contributed by atoms with Crippen molar-refractivity contribution < 1.29 is 4.74 Å². The number of nitrogens with zero attached hydrogens (tertiary/aromatic N) is 2. The topological polar surface area (TPSA) is 95.8 Å². The largest absolute Gasteiger partial charge is 0.380 e. The van der Waals surface area contributed by atoms with Crippen LogP contribution < -0.4 is 5.73 Å². The van der Waals surface area contributed by atoms with Gasteiger partial charge >= 0.3 is 0 Å². The number of thioether (sulfide) groups is 1. The second-order valence-corrected chi connectivity index (χ2v) is 4.14. The molecule has 0 saturated heterocycles. The van der Waals surface area contributed by atoms with E-state index >= 15 is 0 Å². The molecule has 0 aromatic carbocycles. The lowest BCUT2D eigenvalue weighted by Crippen LogP contribution is -2.06. The van der Waals surface area contributed by atoms with Crippen LogP contribution in [0.1, 0.15) is 16.8 Å². The Kier molecular flexibility index (Phi) is 4.28. The molecule has 1 aromatic heterocycles. The average Bonchev–Trinajstić information content (AvgIpc) is 2.16. The number of nitriles is 1. The van der Waals surface area contributed by atoms with Crippen molar-refractivity contribution in [3.05, 3.63) is 22.9 Å². The molecule has 0 radical (unpaired) electrons. The van der Waals surface area contributed by atoms with Crippen LogP contribution >= 0.6 is 11.8 Å². The van der Waals surface area contributed by atoms with Crippen LogP contribution in [0.2, 0.25) is 0 Å². The lowest BCUT2D eigenvalue weighted by atomic mass is 10.1. The summed E-state index contributed by atoms with van der Waals surface area (Å²) < 4.78 is 5.01. The van der Waals surface area contributed by atoms with Crippen LogP contribution in [0.25, 0.3) is 0 Å². The number of nitrogens with two attached hydrogens (primary N) is 1. The normalized spacial score (nSPS) is 9.81. The molecule has 5 nitrogen and oxygen atoms in total. The smallest absolute Gasteiger partial charge is 0.157 e. The van der Waals surface area contributed by atoms with Crippen LogP contribution in [0, 0.1) is 23.7 Å². The molecule has 6 heteroatoms. The molecule has 84 valence electrons. The fourth-order valence-corrected chi connectivity index (χ4v) is 1.95. The van der Waals surface area contributed by atoms with Crippen molar-refractivity contribution in [1.29, 1.82) is 10.7 Å². The van der Waals surface area contributed by atoms with Gasteiger partial charge in [0.2, 0.25) is 0 Å². The van der Waals surface area contributed by atoms with E-state index in [0.29, 0.717) is 17.2 Å². The third-order valence-electron chi connectivity index (χ3n) is 1.81. The molecule has 1 rings (SSSR count). The molecular weight excluding hydrogens is 224 g/mol. The van der Waals surface area contributed by atoms with Crippen molar-refractivity contribution in [3.8, 4) is 6.07 Å². The highest BCUT2D eigenvalue weighted by atomic mass is 32.2. The Morgan fingerprint density at radius 3 is 2.94 bits per heavy atom. The van der Waals surface area contributed by atoms with E-state index < -0.39 is 0 Å². The van der Waals surface area contributed by atoms with Crippen molar-refractivity contribution in [3.63, 3.8) is 0 Å². The Hall–Kier alpha value is -1.58. The predicted molar refractivity (Wildman–Crippen MR) is 62.2 cm³/mol. The molecular formula is C10H12N4OS. The van der Waals surface area contributed by atoms with Gasteiger partial charge in [0.05, 0.1) is 12.2 Å². The maximum absolute atomic E-state index is 9.06. The average molecular weight is 236 g/mol. The summed E-state index contributed by atoms with van der Waals surface area (Å²) in [6.07, 6.45) is 0. The zero-order valence-corrected chi connectivity index (χ0v) is 9.89. The van der Waals surface area contributed by atoms with E-state index in [2.05, 4.69) is 11.1 Å². The summed E-state index contributed by atoms with van der Waals surface area (Å²) >= 11 is 0.976. The van der Waals surface area contributed by atoms with E-state index in [1.54, 1.807) is 13.2 Å². The molecule has 0 aliphatic rings. The first-order chi connectivity index (χ1) is 7.58. The lowest BCUT2D eigenvalue weighted by Gasteiger charge is -2.08. The van der Waals surface area contributed by atoms with E-state index in [4.69, 9.17) is 21.1 Å². The number of pyridine rings is 1. The Labute approximate surface area is 98.1 Å². The summed E-state index contributed by atoms with van der Waals surface area (Å²) in [6, 6.07) is 3.86. The van der Waals surface area contributed by atoms with Gasteiger partial charge in [-0.1, -0.05) is 0 Å². The SMILES string of the molecule is COCc1cc(C)nc(SC(=N)N)c1C#N. The van der Waals surface area contributed by atoms with E-state index in [1.165, 1.54) is 0 Å². The molecule has 3 N–H and O–H groups in total. The second-order valence-electron chi connectivity index (χ2n) is 3.11. The first kappa shape index (κ1) is 12.5. The highest BCUT2D eigenvalue weighted by molar-refractivity contribution is 8.13. The van der Waals surface area contributed by atoms with Gasteiger partial charge in [-0.25, -0.2) is 4.98 Å². The summed E-state index contributed by atoms with van der Waals surface area (Å²) in [4.78, 5) is 4.19. The molecule has 1 heterocycles. The number of methoxy groups -OCH3 is 1. The van der Waals surface area contributed by atoms with Gasteiger partial charge in [0.15, 0.2) is 5.17 Å². The Bertz CT molecular complexity index is 453. The standard InChI is InChI=1S/C10H12N4OS/c1-6-3-7(5-15-2)8(4-11)9(14-6)16-10(12)13/h3H,5H2,1-2H3,(H3,12,13). The van der Waals surface area contributed by atoms with Crippen molar-refractivity contribution in [1.82, 2.24) is 4.98 Å². The van der Waals surface area contributed by atoms with Crippen molar-refractivity contribution >= 4 is 16.9 Å². The van der Waals surface area contributed by atoms with Gasteiger partial charge in [0, 0.05) is 18.4 Å². The number of hydrogen-bond acceptors (Lipinski definition) is 5. The van der Waals surface area contributed by atoms with Gasteiger partial charge in [0.1, 0.15) is 11.1 Å². The summed E-state index contributed by atoms with van der Waals surface area (Å²) in [5, 5.41) is 16.6. The van der Waals surface area contributed by atoms with Gasteiger partial charge in [-0.3, -0.25) is 5.41 Å². The molecule has 0 unspecified atom stereocenters. The van der Waals surface area contributed by atoms with E-state index in [9.17, 15) is 0 Å². The Morgan fingerprint density at radius 1 is 1.75 bits per heavy atom. The van der Waals surface area contributed by atoms with Crippen LogP contribution in [-0.2, 0) is 11.3 Å². The number of rotatable bonds is 3. The van der Waals surface area contributed by atoms with Gasteiger partial charge in [0.25, 0.3) is 0 Å².